The van der Waals surface area contributed by atoms with Gasteiger partial charge in [-0.25, -0.2) is 0 Å². The number of nitrogens with one attached hydrogen (secondary N) is 1. The Bertz CT molecular complexity index is 1130. The van der Waals surface area contributed by atoms with Gasteiger partial charge in [0.25, 0.3) is 0 Å². The largest absolute Gasteiger partial charge is 0.496 e. The van der Waals surface area contributed by atoms with Gasteiger partial charge < -0.3 is 37.5 Å². The standard InChI is InChI=1S/C9H9NO2.C8H11NO.C8H8O2.C4H10N2O2/c1-7(12)10-9-4-2-8(6-11)3-5-9;1-10-8-5-3-2-4-7(8)6-9;9-8(10)6-7-4-2-1-3-5-7;5-2-1-3(6)4(7)8/h2-6H,1H3,(H,10,12);2-5H,6,9H2,1H3;1-5H,6H2,(H,9,10);3H,1-2,5-6H2,(H,7,8). The molecule has 1 amide bonds. The van der Waals surface area contributed by atoms with E-state index >= 15 is 0 Å². The monoisotopic (exact) mass is 554 g/mol. The number of ether oxygens (including phenoxy) is 1. The molecule has 0 spiro atoms. The second-order valence-electron chi connectivity index (χ2n) is 8.02. The molecule has 0 aliphatic heterocycles. The first-order chi connectivity index (χ1) is 19.1. The number of aldehydes is 1. The van der Waals surface area contributed by atoms with Gasteiger partial charge in [-0.05, 0) is 48.9 Å². The highest BCUT2D eigenvalue weighted by molar-refractivity contribution is 5.89. The second kappa shape index (κ2) is 21.4. The molecule has 11 heteroatoms. The summed E-state index contributed by atoms with van der Waals surface area (Å²) in [5.74, 6) is -1.03. The minimum atomic E-state index is -0.990. The molecule has 0 heterocycles. The van der Waals surface area contributed by atoms with E-state index in [1.807, 2.05) is 42.5 Å². The highest BCUT2D eigenvalue weighted by Gasteiger charge is 2.08. The molecule has 0 saturated carbocycles. The van der Waals surface area contributed by atoms with Gasteiger partial charge in [0, 0.05) is 30.3 Å². The van der Waals surface area contributed by atoms with Crippen molar-refractivity contribution in [2.45, 2.75) is 32.4 Å². The van der Waals surface area contributed by atoms with Gasteiger partial charge in [-0.1, -0.05) is 48.5 Å². The van der Waals surface area contributed by atoms with Crippen LogP contribution in [0, 0.1) is 0 Å². The van der Waals surface area contributed by atoms with Crippen LogP contribution in [0.2, 0.25) is 0 Å². The molecule has 3 rings (SSSR count). The number of anilines is 1. The fourth-order valence-corrected chi connectivity index (χ4v) is 2.79. The van der Waals surface area contributed by atoms with E-state index in [2.05, 4.69) is 5.32 Å². The van der Waals surface area contributed by atoms with E-state index < -0.39 is 18.0 Å². The van der Waals surface area contributed by atoms with Crippen LogP contribution in [0.25, 0.3) is 0 Å². The molecule has 0 saturated heterocycles. The number of amides is 1. The molecule has 0 aromatic heterocycles. The zero-order valence-electron chi connectivity index (χ0n) is 22.7. The fraction of sp³-hybridized carbons (Fsp3) is 0.241. The number of carboxylic acid groups (broad SMARTS) is 2. The first-order valence-corrected chi connectivity index (χ1v) is 12.2. The van der Waals surface area contributed by atoms with Crippen molar-refractivity contribution in [3.63, 3.8) is 0 Å². The van der Waals surface area contributed by atoms with Crippen molar-refractivity contribution in [3.8, 4) is 5.75 Å². The van der Waals surface area contributed by atoms with Gasteiger partial charge in [0.15, 0.2) is 0 Å². The summed E-state index contributed by atoms with van der Waals surface area (Å²) in [6.07, 6.45) is 1.22. The van der Waals surface area contributed by atoms with E-state index in [4.69, 9.17) is 32.2 Å². The van der Waals surface area contributed by atoms with Gasteiger partial charge in [0.1, 0.15) is 18.1 Å². The lowest BCUT2D eigenvalue weighted by Crippen LogP contribution is -2.32. The number of carbonyl (C=O) groups is 4. The Morgan fingerprint density at radius 2 is 1.50 bits per heavy atom. The van der Waals surface area contributed by atoms with Crippen LogP contribution in [0.5, 0.6) is 5.75 Å². The zero-order chi connectivity index (χ0) is 30.3. The van der Waals surface area contributed by atoms with Gasteiger partial charge in [0.2, 0.25) is 5.91 Å². The summed E-state index contributed by atoms with van der Waals surface area (Å²) in [5.41, 5.74) is 18.7. The maximum atomic E-state index is 10.6. The highest BCUT2D eigenvalue weighted by atomic mass is 16.5. The van der Waals surface area contributed by atoms with Crippen molar-refractivity contribution in [3.05, 3.63) is 95.6 Å². The molecule has 1 unspecified atom stereocenters. The summed E-state index contributed by atoms with van der Waals surface area (Å²) in [5, 5.41) is 19.1. The molecule has 11 nitrogen and oxygen atoms in total. The summed E-state index contributed by atoms with van der Waals surface area (Å²) >= 11 is 0. The van der Waals surface area contributed by atoms with Crippen LogP contribution in [0.15, 0.2) is 78.9 Å². The second-order valence-corrected chi connectivity index (χ2v) is 8.02. The Labute approximate surface area is 233 Å². The number of methoxy groups -OCH3 is 1. The van der Waals surface area contributed by atoms with Crippen LogP contribution in [0.1, 0.15) is 34.8 Å². The summed E-state index contributed by atoms with van der Waals surface area (Å²) in [6.45, 7) is 2.30. The minimum absolute atomic E-state index is 0.112. The number of carbonyl (C=O) groups excluding carboxylic acids is 2. The van der Waals surface area contributed by atoms with Crippen molar-refractivity contribution in [1.82, 2.24) is 0 Å². The summed E-state index contributed by atoms with van der Waals surface area (Å²) in [4.78, 5) is 40.9. The highest BCUT2D eigenvalue weighted by Crippen LogP contribution is 2.15. The molecule has 0 radical (unpaired) electrons. The predicted molar refractivity (Wildman–Crippen MR) is 154 cm³/mol. The predicted octanol–water partition coefficient (Wildman–Crippen LogP) is 2.67. The van der Waals surface area contributed by atoms with Gasteiger partial charge in [0.05, 0.1) is 13.5 Å². The Kier molecular flexibility index (Phi) is 18.9. The van der Waals surface area contributed by atoms with Crippen molar-refractivity contribution in [2.75, 3.05) is 19.0 Å². The van der Waals surface area contributed by atoms with E-state index in [-0.39, 0.29) is 12.3 Å². The Balaban J connectivity index is 0.000000512. The van der Waals surface area contributed by atoms with E-state index in [0.29, 0.717) is 30.8 Å². The molecule has 3 aromatic rings. The van der Waals surface area contributed by atoms with Gasteiger partial charge in [-0.2, -0.15) is 0 Å². The lowest BCUT2D eigenvalue weighted by molar-refractivity contribution is -0.139. The van der Waals surface area contributed by atoms with Gasteiger partial charge in [-0.3, -0.25) is 19.2 Å². The van der Waals surface area contributed by atoms with E-state index in [9.17, 15) is 19.2 Å². The van der Waals surface area contributed by atoms with E-state index in [0.717, 1.165) is 23.2 Å². The number of benzene rings is 3. The molecule has 3 aromatic carbocycles. The van der Waals surface area contributed by atoms with Crippen LogP contribution in [0.3, 0.4) is 0 Å². The summed E-state index contributed by atoms with van der Waals surface area (Å²) < 4.78 is 5.06. The topological polar surface area (TPSA) is 208 Å². The van der Waals surface area contributed by atoms with Crippen LogP contribution >= 0.6 is 0 Å². The molecule has 40 heavy (non-hydrogen) atoms. The Hall–Kier alpha value is -4.58. The third-order valence-corrected chi connectivity index (χ3v) is 4.77. The summed E-state index contributed by atoms with van der Waals surface area (Å²) in [7, 11) is 1.65. The fourth-order valence-electron chi connectivity index (χ4n) is 2.79. The number of rotatable bonds is 9. The first kappa shape index (κ1) is 35.4. The smallest absolute Gasteiger partial charge is 0.320 e. The van der Waals surface area contributed by atoms with Crippen molar-refractivity contribution >= 4 is 29.8 Å². The van der Waals surface area contributed by atoms with Crippen molar-refractivity contribution in [1.29, 1.82) is 0 Å². The number of para-hydroxylation sites is 1. The zero-order valence-corrected chi connectivity index (χ0v) is 22.7. The lowest BCUT2D eigenvalue weighted by Gasteiger charge is -2.03. The van der Waals surface area contributed by atoms with E-state index in [1.54, 1.807) is 43.5 Å². The van der Waals surface area contributed by atoms with Crippen molar-refractivity contribution in [2.24, 2.45) is 17.2 Å². The molecule has 9 N–H and O–H groups in total. The molecule has 0 aliphatic carbocycles. The molecule has 216 valence electrons. The number of aliphatic carboxylic acids is 2. The third kappa shape index (κ3) is 17.0. The molecule has 0 aliphatic rings. The third-order valence-electron chi connectivity index (χ3n) is 4.77. The Morgan fingerprint density at radius 3 is 1.90 bits per heavy atom. The van der Waals surface area contributed by atoms with Crippen LogP contribution in [-0.2, 0) is 27.3 Å². The average Bonchev–Trinajstić information content (AvgIpc) is 2.94. The van der Waals surface area contributed by atoms with Crippen molar-refractivity contribution < 1.29 is 34.1 Å². The maximum Gasteiger partial charge on any atom is 0.320 e. The quantitative estimate of drug-likeness (QED) is 0.213. The molecule has 0 bridgehead atoms. The lowest BCUT2D eigenvalue weighted by atomic mass is 10.2. The SMILES string of the molecule is CC(=O)Nc1ccc(C=O)cc1.COc1ccccc1CN.NCCC(N)C(=O)O.O=C(O)Cc1ccccc1. The average molecular weight is 555 g/mol. The van der Waals surface area contributed by atoms with Crippen LogP contribution in [-0.4, -0.2) is 54.0 Å². The first-order valence-electron chi connectivity index (χ1n) is 12.2. The molecular weight excluding hydrogens is 516 g/mol. The van der Waals surface area contributed by atoms with Crippen LogP contribution in [0.4, 0.5) is 5.69 Å². The number of carboxylic acids is 2. The minimum Gasteiger partial charge on any atom is -0.496 e. The normalized spacial score (nSPS) is 10.0. The Morgan fingerprint density at radius 1 is 0.925 bits per heavy atom. The maximum absolute atomic E-state index is 10.6. The molecule has 1 atom stereocenters. The molecule has 0 fully saturated rings. The van der Waals surface area contributed by atoms with Crippen LogP contribution < -0.4 is 27.3 Å². The summed E-state index contributed by atoms with van der Waals surface area (Å²) in [6, 6.07) is 22.8. The molecular formula is C29H38N4O7. The number of nitrogens with two attached hydrogens (primary N) is 3. The number of hydrogen-bond acceptors (Lipinski definition) is 8. The van der Waals surface area contributed by atoms with E-state index in [1.165, 1.54) is 6.92 Å². The number of hydrogen-bond donors (Lipinski definition) is 6. The van der Waals surface area contributed by atoms with Gasteiger partial charge >= 0.3 is 11.9 Å². The van der Waals surface area contributed by atoms with Gasteiger partial charge in [-0.15, -0.1) is 0 Å².